The molecule has 2 aromatic rings. The molecule has 0 saturated carbocycles. The molecule has 0 fully saturated rings. The van der Waals surface area contributed by atoms with Gasteiger partial charge in [-0.3, -0.25) is 5.10 Å². The minimum Gasteiger partial charge on any atom is -0.279 e. The predicted molar refractivity (Wildman–Crippen MR) is 68.1 cm³/mol. The fourth-order valence-electron chi connectivity index (χ4n) is 1.50. The van der Waals surface area contributed by atoms with E-state index < -0.39 is 4.33 Å². The van der Waals surface area contributed by atoms with E-state index in [1.807, 2.05) is 24.3 Å². The van der Waals surface area contributed by atoms with Crippen molar-refractivity contribution in [2.75, 3.05) is 0 Å². The molecule has 0 aliphatic rings. The third-order valence-electron chi connectivity index (χ3n) is 2.24. The molecule has 0 spiro atoms. The molecule has 1 heterocycles. The molecular weight excluding hydrogens is 266 g/mol. The standard InChI is InChI=1S/C11H9Cl3N2/c1-11(13,14)10-8(6-15-16-10)7-4-2-3-5-9(7)12/h2-6H,1H3,(H,15,16). The zero-order chi connectivity index (χ0) is 11.8. The van der Waals surface area contributed by atoms with Crippen LogP contribution in [0.25, 0.3) is 11.1 Å². The van der Waals surface area contributed by atoms with E-state index in [1.165, 1.54) is 0 Å². The lowest BCUT2D eigenvalue weighted by Gasteiger charge is -2.13. The number of aromatic nitrogens is 2. The number of hydrogen-bond donors (Lipinski definition) is 1. The molecule has 5 heteroatoms. The molecule has 16 heavy (non-hydrogen) atoms. The van der Waals surface area contributed by atoms with Crippen LogP contribution in [0, 0.1) is 0 Å². The Kier molecular flexibility index (Phi) is 3.15. The van der Waals surface area contributed by atoms with Gasteiger partial charge in [0, 0.05) is 16.1 Å². The summed E-state index contributed by atoms with van der Waals surface area (Å²) in [4.78, 5) is 0. The minimum absolute atomic E-state index is 0.641. The average molecular weight is 276 g/mol. The van der Waals surface area contributed by atoms with Crippen LogP contribution >= 0.6 is 34.8 Å². The van der Waals surface area contributed by atoms with Crippen molar-refractivity contribution in [1.29, 1.82) is 0 Å². The van der Waals surface area contributed by atoms with Gasteiger partial charge in [0.15, 0.2) is 4.33 Å². The number of hydrogen-bond acceptors (Lipinski definition) is 1. The van der Waals surface area contributed by atoms with Crippen molar-refractivity contribution in [3.05, 3.63) is 41.2 Å². The number of H-pyrrole nitrogens is 1. The molecule has 0 saturated heterocycles. The summed E-state index contributed by atoms with van der Waals surface area (Å²) < 4.78 is -1.02. The number of nitrogens with zero attached hydrogens (tertiary/aromatic N) is 1. The summed E-state index contributed by atoms with van der Waals surface area (Å²) in [7, 11) is 0. The Labute approximate surface area is 109 Å². The molecule has 0 radical (unpaired) electrons. The number of halogens is 3. The average Bonchev–Trinajstić information content (AvgIpc) is 2.66. The maximum Gasteiger partial charge on any atom is 0.157 e. The molecule has 0 aliphatic heterocycles. The highest BCUT2D eigenvalue weighted by Crippen LogP contribution is 2.39. The van der Waals surface area contributed by atoms with Crippen molar-refractivity contribution in [1.82, 2.24) is 10.2 Å². The number of nitrogens with one attached hydrogen (secondary N) is 1. The van der Waals surface area contributed by atoms with E-state index in [0.29, 0.717) is 10.7 Å². The lowest BCUT2D eigenvalue weighted by Crippen LogP contribution is -2.06. The summed E-state index contributed by atoms with van der Waals surface area (Å²) in [6.07, 6.45) is 1.67. The molecule has 0 aliphatic carbocycles. The highest BCUT2D eigenvalue weighted by Gasteiger charge is 2.26. The quantitative estimate of drug-likeness (QED) is 0.810. The van der Waals surface area contributed by atoms with Crippen molar-refractivity contribution >= 4 is 34.8 Å². The highest BCUT2D eigenvalue weighted by molar-refractivity contribution is 6.48. The molecule has 0 atom stereocenters. The topological polar surface area (TPSA) is 28.7 Å². The summed E-state index contributed by atoms with van der Waals surface area (Å²) in [5.41, 5.74) is 2.32. The smallest absolute Gasteiger partial charge is 0.157 e. The van der Waals surface area contributed by atoms with Gasteiger partial charge in [-0.05, 0) is 13.0 Å². The van der Waals surface area contributed by atoms with Gasteiger partial charge in [-0.25, -0.2) is 0 Å². The fourth-order valence-corrected chi connectivity index (χ4v) is 2.03. The van der Waals surface area contributed by atoms with E-state index in [2.05, 4.69) is 10.2 Å². The van der Waals surface area contributed by atoms with E-state index in [4.69, 9.17) is 34.8 Å². The van der Waals surface area contributed by atoms with Gasteiger partial charge >= 0.3 is 0 Å². The largest absolute Gasteiger partial charge is 0.279 e. The lowest BCUT2D eigenvalue weighted by atomic mass is 10.1. The summed E-state index contributed by atoms with van der Waals surface area (Å²) in [5, 5.41) is 7.39. The number of aromatic amines is 1. The van der Waals surface area contributed by atoms with Crippen LogP contribution in [0.15, 0.2) is 30.5 Å². The SMILES string of the molecule is CC(Cl)(Cl)c1[nH]ncc1-c1ccccc1Cl. The molecule has 1 aromatic heterocycles. The van der Waals surface area contributed by atoms with Gasteiger partial charge in [0.05, 0.1) is 11.9 Å². The van der Waals surface area contributed by atoms with Gasteiger partial charge < -0.3 is 0 Å². The Balaban J connectivity index is 2.58. The van der Waals surface area contributed by atoms with Crippen LogP contribution in [0.4, 0.5) is 0 Å². The van der Waals surface area contributed by atoms with E-state index in [9.17, 15) is 0 Å². The second-order valence-corrected chi connectivity index (χ2v) is 5.64. The third-order valence-corrected chi connectivity index (χ3v) is 2.95. The first kappa shape index (κ1) is 11.8. The van der Waals surface area contributed by atoms with Crippen molar-refractivity contribution < 1.29 is 0 Å². The van der Waals surface area contributed by atoms with Gasteiger partial charge in [0.1, 0.15) is 0 Å². The minimum atomic E-state index is -1.02. The predicted octanol–water partition coefficient (Wildman–Crippen LogP) is 4.38. The number of rotatable bonds is 2. The number of alkyl halides is 2. The summed E-state index contributed by atoms with van der Waals surface area (Å²) in [5.74, 6) is 0. The second-order valence-electron chi connectivity index (χ2n) is 3.53. The molecule has 2 nitrogen and oxygen atoms in total. The first-order chi connectivity index (χ1) is 7.50. The van der Waals surface area contributed by atoms with E-state index in [-0.39, 0.29) is 0 Å². The van der Waals surface area contributed by atoms with E-state index >= 15 is 0 Å². The van der Waals surface area contributed by atoms with Crippen LogP contribution in [-0.4, -0.2) is 10.2 Å². The van der Waals surface area contributed by atoms with Gasteiger partial charge in [-0.2, -0.15) is 5.10 Å². The maximum absolute atomic E-state index is 6.11. The highest BCUT2D eigenvalue weighted by atomic mass is 35.5. The monoisotopic (exact) mass is 274 g/mol. The maximum atomic E-state index is 6.11. The Morgan fingerprint density at radius 1 is 1.19 bits per heavy atom. The summed E-state index contributed by atoms with van der Waals surface area (Å²) in [6.45, 7) is 1.68. The molecule has 84 valence electrons. The molecule has 0 amide bonds. The Bertz CT molecular complexity index is 500. The Morgan fingerprint density at radius 3 is 2.50 bits per heavy atom. The van der Waals surface area contributed by atoms with Crippen LogP contribution in [0.3, 0.4) is 0 Å². The Hall–Kier alpha value is -0.700. The van der Waals surface area contributed by atoms with Crippen LogP contribution in [0.2, 0.25) is 5.02 Å². The number of benzene rings is 1. The molecule has 2 rings (SSSR count). The summed E-state index contributed by atoms with van der Waals surface area (Å²) >= 11 is 18.2. The van der Waals surface area contributed by atoms with Gasteiger partial charge in [-0.1, -0.05) is 53.0 Å². The molecule has 1 aromatic carbocycles. The van der Waals surface area contributed by atoms with E-state index in [1.54, 1.807) is 13.1 Å². The van der Waals surface area contributed by atoms with Crippen LogP contribution in [-0.2, 0) is 4.33 Å². The van der Waals surface area contributed by atoms with Gasteiger partial charge in [0.25, 0.3) is 0 Å². The van der Waals surface area contributed by atoms with Crippen molar-refractivity contribution in [2.45, 2.75) is 11.3 Å². The van der Waals surface area contributed by atoms with Crippen molar-refractivity contribution in [3.63, 3.8) is 0 Å². The third kappa shape index (κ3) is 2.19. The normalized spacial score (nSPS) is 11.8. The summed E-state index contributed by atoms with van der Waals surface area (Å²) in [6, 6.07) is 7.48. The van der Waals surface area contributed by atoms with E-state index in [0.717, 1.165) is 11.1 Å². The molecule has 0 bridgehead atoms. The second kappa shape index (κ2) is 4.28. The zero-order valence-corrected chi connectivity index (χ0v) is 10.7. The zero-order valence-electron chi connectivity index (χ0n) is 8.47. The first-order valence-electron chi connectivity index (χ1n) is 4.66. The van der Waals surface area contributed by atoms with Gasteiger partial charge in [-0.15, -0.1) is 0 Å². The fraction of sp³-hybridized carbons (Fsp3) is 0.182. The van der Waals surface area contributed by atoms with Crippen LogP contribution in [0.5, 0.6) is 0 Å². The molecule has 1 N–H and O–H groups in total. The molecule has 0 unspecified atom stereocenters. The first-order valence-corrected chi connectivity index (χ1v) is 5.80. The van der Waals surface area contributed by atoms with Crippen LogP contribution < -0.4 is 0 Å². The lowest BCUT2D eigenvalue weighted by molar-refractivity contribution is 0.887. The molecular formula is C11H9Cl3N2. The van der Waals surface area contributed by atoms with Crippen molar-refractivity contribution in [3.8, 4) is 11.1 Å². The Morgan fingerprint density at radius 2 is 1.88 bits per heavy atom. The van der Waals surface area contributed by atoms with Crippen LogP contribution in [0.1, 0.15) is 12.6 Å². The van der Waals surface area contributed by atoms with Gasteiger partial charge in [0.2, 0.25) is 0 Å². The van der Waals surface area contributed by atoms with Crippen molar-refractivity contribution in [2.24, 2.45) is 0 Å².